The lowest BCUT2D eigenvalue weighted by atomic mass is 10.4. The summed E-state index contributed by atoms with van der Waals surface area (Å²) in [5.41, 5.74) is 0. The Morgan fingerprint density at radius 3 is 3.00 bits per heavy atom. The Bertz CT molecular complexity index is 106. The second kappa shape index (κ2) is 2.80. The van der Waals surface area contributed by atoms with Crippen LogP contribution in [0.5, 0.6) is 0 Å². The topological polar surface area (TPSA) is 49.8 Å². The molecular weight excluding hydrogens is 122 g/mol. The minimum Gasteiger partial charge on any atom is -0.375 e. The number of carbonyl (C=O) groups excluding carboxylic acids is 1. The standard InChI is InChI=1S/C5H9NO3/c7-4-6-1-2-9-3-5(6)8/h4-5,8H,1-3H2. The van der Waals surface area contributed by atoms with Gasteiger partial charge in [0.1, 0.15) is 0 Å². The maximum Gasteiger partial charge on any atom is 0.211 e. The molecule has 4 nitrogen and oxygen atoms in total. The SMILES string of the molecule is O=CN1CCOCC1O. The van der Waals surface area contributed by atoms with Crippen LogP contribution in [0.2, 0.25) is 0 Å². The third kappa shape index (κ3) is 1.40. The molecule has 0 saturated carbocycles. The lowest BCUT2D eigenvalue weighted by Crippen LogP contribution is -2.44. The van der Waals surface area contributed by atoms with Crippen molar-refractivity contribution in [1.82, 2.24) is 4.90 Å². The predicted octanol–water partition coefficient (Wildman–Crippen LogP) is -1.21. The summed E-state index contributed by atoms with van der Waals surface area (Å²) in [5.74, 6) is 0. The number of rotatable bonds is 1. The molecule has 0 bridgehead atoms. The summed E-state index contributed by atoms with van der Waals surface area (Å²) in [7, 11) is 0. The molecule has 0 aromatic carbocycles. The van der Waals surface area contributed by atoms with Crippen LogP contribution in [0.25, 0.3) is 0 Å². The molecule has 1 saturated heterocycles. The quantitative estimate of drug-likeness (QED) is 0.454. The van der Waals surface area contributed by atoms with E-state index in [0.717, 1.165) is 0 Å². The predicted molar refractivity (Wildman–Crippen MR) is 29.6 cm³/mol. The molecule has 1 atom stereocenters. The maximum absolute atomic E-state index is 10.1. The summed E-state index contributed by atoms with van der Waals surface area (Å²) in [4.78, 5) is 11.4. The highest BCUT2D eigenvalue weighted by Crippen LogP contribution is 1.99. The zero-order chi connectivity index (χ0) is 6.69. The van der Waals surface area contributed by atoms with Gasteiger partial charge in [-0.2, -0.15) is 0 Å². The highest BCUT2D eigenvalue weighted by molar-refractivity contribution is 5.47. The number of aliphatic hydroxyl groups excluding tert-OH is 1. The van der Waals surface area contributed by atoms with Crippen molar-refractivity contribution in [3.63, 3.8) is 0 Å². The van der Waals surface area contributed by atoms with Gasteiger partial charge in [0, 0.05) is 6.54 Å². The van der Waals surface area contributed by atoms with E-state index in [2.05, 4.69) is 0 Å². The molecule has 1 fully saturated rings. The van der Waals surface area contributed by atoms with Crippen molar-refractivity contribution in [2.75, 3.05) is 19.8 Å². The van der Waals surface area contributed by atoms with Gasteiger partial charge in [-0.3, -0.25) is 4.79 Å². The van der Waals surface area contributed by atoms with Crippen molar-refractivity contribution >= 4 is 6.41 Å². The summed E-state index contributed by atoms with van der Waals surface area (Å²) >= 11 is 0. The van der Waals surface area contributed by atoms with Crippen LogP contribution < -0.4 is 0 Å². The summed E-state index contributed by atoms with van der Waals surface area (Å²) in [6.07, 6.45) is -0.107. The Morgan fingerprint density at radius 1 is 1.78 bits per heavy atom. The average Bonchev–Trinajstić information content (AvgIpc) is 1.89. The molecule has 1 aliphatic heterocycles. The van der Waals surface area contributed by atoms with Gasteiger partial charge in [0.05, 0.1) is 13.2 Å². The summed E-state index contributed by atoms with van der Waals surface area (Å²) in [6, 6.07) is 0. The van der Waals surface area contributed by atoms with E-state index in [9.17, 15) is 4.79 Å². The molecule has 1 aliphatic rings. The molecule has 1 amide bonds. The van der Waals surface area contributed by atoms with Crippen LogP contribution in [-0.2, 0) is 9.53 Å². The molecule has 0 radical (unpaired) electrons. The van der Waals surface area contributed by atoms with Crippen LogP contribution >= 0.6 is 0 Å². The highest BCUT2D eigenvalue weighted by atomic mass is 16.5. The second-order valence-corrected chi connectivity index (χ2v) is 1.90. The molecule has 1 rings (SSSR count). The normalized spacial score (nSPS) is 28.1. The molecule has 9 heavy (non-hydrogen) atoms. The summed E-state index contributed by atoms with van der Waals surface area (Å²) in [6.45, 7) is 1.25. The molecule has 52 valence electrons. The van der Waals surface area contributed by atoms with E-state index in [1.54, 1.807) is 0 Å². The van der Waals surface area contributed by atoms with Gasteiger partial charge in [-0.15, -0.1) is 0 Å². The first-order valence-electron chi connectivity index (χ1n) is 2.81. The number of ether oxygens (including phenoxy) is 1. The zero-order valence-electron chi connectivity index (χ0n) is 4.99. The van der Waals surface area contributed by atoms with Gasteiger partial charge in [0.2, 0.25) is 6.41 Å². The van der Waals surface area contributed by atoms with E-state index >= 15 is 0 Å². The molecule has 0 aromatic rings. The lowest BCUT2D eigenvalue weighted by molar-refractivity contribution is -0.143. The molecule has 4 heteroatoms. The number of carbonyl (C=O) groups is 1. The first-order chi connectivity index (χ1) is 4.34. The molecule has 0 aliphatic carbocycles. The Labute approximate surface area is 53.0 Å². The van der Waals surface area contributed by atoms with Crippen LogP contribution in [-0.4, -0.2) is 42.4 Å². The van der Waals surface area contributed by atoms with Gasteiger partial charge in [0.25, 0.3) is 0 Å². The largest absolute Gasteiger partial charge is 0.375 e. The molecule has 0 aromatic heterocycles. The molecule has 0 spiro atoms. The third-order valence-corrected chi connectivity index (χ3v) is 1.28. The van der Waals surface area contributed by atoms with Gasteiger partial charge in [-0.25, -0.2) is 0 Å². The van der Waals surface area contributed by atoms with E-state index in [-0.39, 0.29) is 6.61 Å². The van der Waals surface area contributed by atoms with Crippen LogP contribution in [0.3, 0.4) is 0 Å². The van der Waals surface area contributed by atoms with Crippen molar-refractivity contribution in [3.8, 4) is 0 Å². The highest BCUT2D eigenvalue weighted by Gasteiger charge is 2.17. The molecular formula is C5H9NO3. The number of hydrogen-bond donors (Lipinski definition) is 1. The van der Waals surface area contributed by atoms with Crippen LogP contribution in [0.15, 0.2) is 0 Å². The average molecular weight is 131 g/mol. The smallest absolute Gasteiger partial charge is 0.211 e. The fourth-order valence-corrected chi connectivity index (χ4v) is 0.726. The summed E-state index contributed by atoms with van der Waals surface area (Å²) < 4.78 is 4.86. The number of amides is 1. The molecule has 1 unspecified atom stereocenters. The monoisotopic (exact) mass is 131 g/mol. The van der Waals surface area contributed by atoms with E-state index < -0.39 is 6.23 Å². The summed E-state index contributed by atoms with van der Waals surface area (Å²) in [5, 5.41) is 8.94. The lowest BCUT2D eigenvalue weighted by Gasteiger charge is -2.28. The van der Waals surface area contributed by atoms with E-state index in [0.29, 0.717) is 19.6 Å². The Morgan fingerprint density at radius 2 is 2.56 bits per heavy atom. The van der Waals surface area contributed by atoms with Crippen molar-refractivity contribution in [1.29, 1.82) is 0 Å². The van der Waals surface area contributed by atoms with E-state index in [4.69, 9.17) is 9.84 Å². The Balaban J connectivity index is 2.38. The number of morpholine rings is 1. The van der Waals surface area contributed by atoms with Crippen LogP contribution in [0.4, 0.5) is 0 Å². The minimum absolute atomic E-state index is 0.235. The molecule has 1 heterocycles. The zero-order valence-corrected chi connectivity index (χ0v) is 4.99. The third-order valence-electron chi connectivity index (χ3n) is 1.28. The van der Waals surface area contributed by atoms with Gasteiger partial charge in [-0.05, 0) is 0 Å². The van der Waals surface area contributed by atoms with Crippen molar-refractivity contribution < 1.29 is 14.6 Å². The van der Waals surface area contributed by atoms with Crippen LogP contribution in [0, 0.1) is 0 Å². The van der Waals surface area contributed by atoms with Gasteiger partial charge < -0.3 is 14.7 Å². The fraction of sp³-hybridized carbons (Fsp3) is 0.800. The van der Waals surface area contributed by atoms with Gasteiger partial charge in [-0.1, -0.05) is 0 Å². The first-order valence-corrected chi connectivity index (χ1v) is 2.81. The van der Waals surface area contributed by atoms with E-state index in [1.807, 2.05) is 0 Å². The second-order valence-electron chi connectivity index (χ2n) is 1.90. The Kier molecular flexibility index (Phi) is 2.02. The number of aliphatic hydroxyl groups is 1. The minimum atomic E-state index is -0.740. The van der Waals surface area contributed by atoms with Crippen molar-refractivity contribution in [2.24, 2.45) is 0 Å². The van der Waals surface area contributed by atoms with E-state index in [1.165, 1.54) is 4.90 Å². The van der Waals surface area contributed by atoms with Gasteiger partial charge >= 0.3 is 0 Å². The van der Waals surface area contributed by atoms with Gasteiger partial charge in [0.15, 0.2) is 6.23 Å². The number of nitrogens with zero attached hydrogens (tertiary/aromatic N) is 1. The maximum atomic E-state index is 10.1. The first kappa shape index (κ1) is 6.51. The van der Waals surface area contributed by atoms with Crippen LogP contribution in [0.1, 0.15) is 0 Å². The number of hydrogen-bond acceptors (Lipinski definition) is 3. The fourth-order valence-electron chi connectivity index (χ4n) is 0.726. The van der Waals surface area contributed by atoms with Crippen molar-refractivity contribution in [3.05, 3.63) is 0 Å². The Hall–Kier alpha value is -0.610. The van der Waals surface area contributed by atoms with Crippen molar-refractivity contribution in [2.45, 2.75) is 6.23 Å². The molecule has 1 N–H and O–H groups in total.